The highest BCUT2D eigenvalue weighted by Crippen LogP contribution is 2.26. The molecular formula is C16H21F2NO4. The lowest BCUT2D eigenvalue weighted by molar-refractivity contribution is -0.149. The van der Waals surface area contributed by atoms with Crippen LogP contribution in [-0.2, 0) is 16.0 Å². The van der Waals surface area contributed by atoms with Gasteiger partial charge < -0.3 is 15.2 Å². The number of alkyl halides is 2. The number of para-hydroxylation sites is 1. The van der Waals surface area contributed by atoms with Crippen LogP contribution in [0, 0.1) is 5.41 Å². The van der Waals surface area contributed by atoms with Gasteiger partial charge in [-0.15, -0.1) is 0 Å². The maximum absolute atomic E-state index is 12.3. The predicted octanol–water partition coefficient (Wildman–Crippen LogP) is 2.84. The third kappa shape index (κ3) is 5.19. The maximum atomic E-state index is 12.3. The lowest BCUT2D eigenvalue weighted by Crippen LogP contribution is -2.42. The number of hydrogen-bond donors (Lipinski definition) is 2. The van der Waals surface area contributed by atoms with Crippen LogP contribution in [0.5, 0.6) is 5.75 Å². The first kappa shape index (κ1) is 18.9. The van der Waals surface area contributed by atoms with Crippen molar-refractivity contribution in [3.8, 4) is 5.75 Å². The first-order chi connectivity index (χ1) is 10.8. The third-order valence-corrected chi connectivity index (χ3v) is 3.97. The lowest BCUT2D eigenvalue weighted by atomic mass is 9.82. The minimum absolute atomic E-state index is 0.00790. The minimum atomic E-state index is -2.97. The predicted molar refractivity (Wildman–Crippen MR) is 80.4 cm³/mol. The van der Waals surface area contributed by atoms with Crippen LogP contribution in [0.1, 0.15) is 32.3 Å². The van der Waals surface area contributed by atoms with E-state index in [0.29, 0.717) is 18.4 Å². The van der Waals surface area contributed by atoms with Crippen LogP contribution in [-0.4, -0.2) is 30.1 Å². The second-order valence-corrected chi connectivity index (χ2v) is 5.23. The molecule has 0 heterocycles. The van der Waals surface area contributed by atoms with Gasteiger partial charge in [0.15, 0.2) is 0 Å². The fourth-order valence-corrected chi connectivity index (χ4v) is 2.24. The number of carbonyl (C=O) groups excluding carboxylic acids is 1. The summed E-state index contributed by atoms with van der Waals surface area (Å²) in [6.07, 6.45) is 0.598. The van der Waals surface area contributed by atoms with Crippen LogP contribution < -0.4 is 10.1 Å². The van der Waals surface area contributed by atoms with E-state index in [0.717, 1.165) is 0 Å². The standard InChI is InChI=1S/C16H21F2NO4/c1-3-16(4-2,14(21)22)10-19-13(20)9-11-7-5-6-8-12(11)23-15(17)18/h5-8,15H,3-4,9-10H2,1-2H3,(H,19,20)(H,21,22). The Morgan fingerprint density at radius 3 is 2.39 bits per heavy atom. The number of carboxylic acids is 1. The molecule has 0 aromatic heterocycles. The molecule has 1 amide bonds. The van der Waals surface area contributed by atoms with Crippen LogP contribution in [0.4, 0.5) is 8.78 Å². The van der Waals surface area contributed by atoms with Gasteiger partial charge in [-0.05, 0) is 18.9 Å². The van der Waals surface area contributed by atoms with E-state index in [-0.39, 0.29) is 18.7 Å². The van der Waals surface area contributed by atoms with E-state index >= 15 is 0 Å². The molecule has 0 atom stereocenters. The zero-order chi connectivity index (χ0) is 17.5. The average molecular weight is 329 g/mol. The normalized spacial score (nSPS) is 11.3. The highest BCUT2D eigenvalue weighted by Gasteiger charge is 2.35. The van der Waals surface area contributed by atoms with Crippen molar-refractivity contribution < 1.29 is 28.2 Å². The average Bonchev–Trinajstić information content (AvgIpc) is 2.50. The SMILES string of the molecule is CCC(CC)(CNC(=O)Cc1ccccc1OC(F)F)C(=O)O. The smallest absolute Gasteiger partial charge is 0.387 e. The summed E-state index contributed by atoms with van der Waals surface area (Å²) in [5.74, 6) is -1.47. The number of carbonyl (C=O) groups is 2. The number of benzene rings is 1. The minimum Gasteiger partial charge on any atom is -0.481 e. The van der Waals surface area contributed by atoms with Gasteiger partial charge in [0.05, 0.1) is 11.8 Å². The van der Waals surface area contributed by atoms with Crippen molar-refractivity contribution >= 4 is 11.9 Å². The molecule has 1 aromatic carbocycles. The van der Waals surface area contributed by atoms with Crippen LogP contribution in [0.3, 0.4) is 0 Å². The van der Waals surface area contributed by atoms with Crippen LogP contribution in [0.2, 0.25) is 0 Å². The summed E-state index contributed by atoms with van der Waals surface area (Å²) in [6, 6.07) is 6.01. The largest absolute Gasteiger partial charge is 0.481 e. The Labute approximate surface area is 133 Å². The Bertz CT molecular complexity index is 545. The Morgan fingerprint density at radius 1 is 1.26 bits per heavy atom. The molecule has 0 spiro atoms. The van der Waals surface area contributed by atoms with Crippen molar-refractivity contribution in [1.29, 1.82) is 0 Å². The van der Waals surface area contributed by atoms with E-state index < -0.39 is 23.9 Å². The Hall–Kier alpha value is -2.18. The van der Waals surface area contributed by atoms with Gasteiger partial charge in [-0.3, -0.25) is 9.59 Å². The maximum Gasteiger partial charge on any atom is 0.387 e. The van der Waals surface area contributed by atoms with Gasteiger partial charge in [-0.1, -0.05) is 32.0 Å². The number of hydrogen-bond acceptors (Lipinski definition) is 3. The van der Waals surface area contributed by atoms with Gasteiger partial charge in [0, 0.05) is 12.1 Å². The van der Waals surface area contributed by atoms with Gasteiger partial charge in [-0.2, -0.15) is 8.78 Å². The molecule has 1 aromatic rings. The monoisotopic (exact) mass is 329 g/mol. The quantitative estimate of drug-likeness (QED) is 0.730. The number of aliphatic carboxylic acids is 1. The Kier molecular flexibility index (Phi) is 6.93. The lowest BCUT2D eigenvalue weighted by Gasteiger charge is -2.26. The number of halogens is 2. The molecule has 0 unspecified atom stereocenters. The topological polar surface area (TPSA) is 75.6 Å². The second kappa shape index (κ2) is 8.45. The van der Waals surface area contributed by atoms with Crippen LogP contribution in [0.25, 0.3) is 0 Å². The van der Waals surface area contributed by atoms with E-state index in [1.54, 1.807) is 19.9 Å². The molecule has 7 heteroatoms. The molecule has 0 aliphatic carbocycles. The fraction of sp³-hybridized carbons (Fsp3) is 0.500. The summed E-state index contributed by atoms with van der Waals surface area (Å²) >= 11 is 0. The van der Waals surface area contributed by atoms with Crippen LogP contribution in [0.15, 0.2) is 24.3 Å². The van der Waals surface area contributed by atoms with Gasteiger partial charge in [0.1, 0.15) is 5.75 Å². The molecule has 2 N–H and O–H groups in total. The first-order valence-corrected chi connectivity index (χ1v) is 7.37. The molecule has 0 aliphatic rings. The summed E-state index contributed by atoms with van der Waals surface area (Å²) in [5.41, 5.74) is -0.700. The summed E-state index contributed by atoms with van der Waals surface area (Å²) < 4.78 is 29.0. The van der Waals surface area contributed by atoms with E-state index in [9.17, 15) is 23.5 Å². The van der Waals surface area contributed by atoms with Gasteiger partial charge in [0.2, 0.25) is 5.91 Å². The van der Waals surface area contributed by atoms with E-state index in [1.165, 1.54) is 18.2 Å². The fourth-order valence-electron chi connectivity index (χ4n) is 2.24. The highest BCUT2D eigenvalue weighted by molar-refractivity contribution is 5.81. The van der Waals surface area contributed by atoms with Gasteiger partial charge in [0.25, 0.3) is 0 Å². The molecule has 0 bridgehead atoms. The first-order valence-electron chi connectivity index (χ1n) is 7.37. The molecular weight excluding hydrogens is 308 g/mol. The molecule has 1 rings (SSSR count). The molecule has 0 saturated carbocycles. The van der Waals surface area contributed by atoms with Crippen molar-refractivity contribution in [1.82, 2.24) is 5.32 Å². The zero-order valence-electron chi connectivity index (χ0n) is 13.1. The summed E-state index contributed by atoms with van der Waals surface area (Å²) in [7, 11) is 0. The summed E-state index contributed by atoms with van der Waals surface area (Å²) in [5, 5.41) is 11.9. The van der Waals surface area contributed by atoms with Crippen molar-refractivity contribution in [2.45, 2.75) is 39.7 Å². The molecule has 0 aliphatic heterocycles. The molecule has 5 nitrogen and oxygen atoms in total. The highest BCUT2D eigenvalue weighted by atomic mass is 19.3. The zero-order valence-corrected chi connectivity index (χ0v) is 13.1. The third-order valence-electron chi connectivity index (χ3n) is 3.97. The van der Waals surface area contributed by atoms with Crippen LogP contribution >= 0.6 is 0 Å². The van der Waals surface area contributed by atoms with E-state index in [4.69, 9.17) is 0 Å². The summed E-state index contributed by atoms with van der Waals surface area (Å²) in [4.78, 5) is 23.4. The van der Waals surface area contributed by atoms with Crippen molar-refractivity contribution in [2.75, 3.05) is 6.54 Å². The van der Waals surface area contributed by atoms with Gasteiger partial charge in [-0.25, -0.2) is 0 Å². The summed E-state index contributed by atoms with van der Waals surface area (Å²) in [6.45, 7) is 0.510. The number of amides is 1. The number of carboxylic acid groups (broad SMARTS) is 1. The van der Waals surface area contributed by atoms with Gasteiger partial charge >= 0.3 is 12.6 Å². The Morgan fingerprint density at radius 2 is 1.87 bits per heavy atom. The Balaban J connectivity index is 2.72. The molecule has 0 fully saturated rings. The van der Waals surface area contributed by atoms with Crippen molar-refractivity contribution in [2.24, 2.45) is 5.41 Å². The van der Waals surface area contributed by atoms with E-state index in [2.05, 4.69) is 10.1 Å². The number of ether oxygens (including phenoxy) is 1. The van der Waals surface area contributed by atoms with Crippen molar-refractivity contribution in [3.63, 3.8) is 0 Å². The van der Waals surface area contributed by atoms with Crippen molar-refractivity contribution in [3.05, 3.63) is 29.8 Å². The number of rotatable bonds is 9. The molecule has 128 valence electrons. The van der Waals surface area contributed by atoms with E-state index in [1.807, 2.05) is 0 Å². The molecule has 0 saturated heterocycles. The molecule has 23 heavy (non-hydrogen) atoms. The second-order valence-electron chi connectivity index (χ2n) is 5.23. The molecule has 0 radical (unpaired) electrons. The number of nitrogens with one attached hydrogen (secondary N) is 1.